The highest BCUT2D eigenvalue weighted by Gasteiger charge is 2.12. The minimum Gasteiger partial charge on any atom is -0.319 e. The Morgan fingerprint density at radius 2 is 1.55 bits per heavy atom. The Balaban J connectivity index is 1.89. The van der Waals surface area contributed by atoms with E-state index >= 15 is 0 Å². The molecule has 0 amide bonds. The predicted molar refractivity (Wildman–Crippen MR) is 81.1 cm³/mol. The second-order valence-corrected chi connectivity index (χ2v) is 4.85. The van der Waals surface area contributed by atoms with Crippen molar-refractivity contribution < 1.29 is 0 Å². The average Bonchev–Trinajstić information content (AvgIpc) is 2.94. The van der Waals surface area contributed by atoms with E-state index in [4.69, 9.17) is 5.73 Å². The Bertz CT molecular complexity index is 684. The fourth-order valence-electron chi connectivity index (χ4n) is 2.37. The summed E-state index contributed by atoms with van der Waals surface area (Å²) in [5.74, 6) is 0. The van der Waals surface area contributed by atoms with Crippen molar-refractivity contribution in [1.82, 2.24) is 9.78 Å². The topological polar surface area (TPSA) is 43.8 Å². The van der Waals surface area contributed by atoms with Gasteiger partial charge in [0.1, 0.15) is 0 Å². The highest BCUT2D eigenvalue weighted by molar-refractivity contribution is 5.63. The van der Waals surface area contributed by atoms with Crippen molar-refractivity contribution in [3.63, 3.8) is 0 Å². The van der Waals surface area contributed by atoms with Gasteiger partial charge in [-0.2, -0.15) is 5.10 Å². The van der Waals surface area contributed by atoms with Gasteiger partial charge < -0.3 is 5.73 Å². The van der Waals surface area contributed by atoms with Crippen molar-refractivity contribution in [2.75, 3.05) is 0 Å². The van der Waals surface area contributed by atoms with Crippen LogP contribution < -0.4 is 5.73 Å². The van der Waals surface area contributed by atoms with Gasteiger partial charge >= 0.3 is 0 Å². The molecule has 0 aliphatic heterocycles. The van der Waals surface area contributed by atoms with Crippen molar-refractivity contribution in [2.24, 2.45) is 12.8 Å². The first-order chi connectivity index (χ1) is 9.75. The average molecular weight is 263 g/mol. The molecule has 3 heteroatoms. The zero-order valence-corrected chi connectivity index (χ0v) is 11.4. The summed E-state index contributed by atoms with van der Waals surface area (Å²) in [6.07, 6.45) is 1.77. The van der Waals surface area contributed by atoms with Crippen molar-refractivity contribution >= 4 is 0 Å². The maximum atomic E-state index is 6.29. The first kappa shape index (κ1) is 12.6. The highest BCUT2D eigenvalue weighted by atomic mass is 15.3. The lowest BCUT2D eigenvalue weighted by atomic mass is 10.00. The summed E-state index contributed by atoms with van der Waals surface area (Å²) in [6, 6.07) is 20.5. The number of hydrogen-bond donors (Lipinski definition) is 1. The maximum Gasteiger partial charge on any atom is 0.0723 e. The summed E-state index contributed by atoms with van der Waals surface area (Å²) in [4.78, 5) is 0. The molecule has 1 aromatic heterocycles. The molecule has 0 saturated heterocycles. The van der Waals surface area contributed by atoms with E-state index in [2.05, 4.69) is 41.5 Å². The van der Waals surface area contributed by atoms with Gasteiger partial charge in [-0.25, -0.2) is 0 Å². The molecule has 0 fully saturated rings. The quantitative estimate of drug-likeness (QED) is 0.789. The van der Waals surface area contributed by atoms with Crippen LogP contribution in [0.2, 0.25) is 0 Å². The summed E-state index contributed by atoms with van der Waals surface area (Å²) >= 11 is 0. The fourth-order valence-corrected chi connectivity index (χ4v) is 2.37. The summed E-state index contributed by atoms with van der Waals surface area (Å²) in [5.41, 5.74) is 10.8. The molecule has 0 saturated carbocycles. The number of nitrogens with zero attached hydrogens (tertiary/aromatic N) is 2. The minimum absolute atomic E-state index is 0.146. The Hall–Kier alpha value is -2.39. The van der Waals surface area contributed by atoms with E-state index in [9.17, 15) is 0 Å². The molecule has 0 aliphatic carbocycles. The molecule has 0 spiro atoms. The largest absolute Gasteiger partial charge is 0.319 e. The van der Waals surface area contributed by atoms with Crippen LogP contribution in [0.25, 0.3) is 11.1 Å². The molecule has 2 aromatic carbocycles. The van der Waals surface area contributed by atoms with Gasteiger partial charge in [-0.1, -0.05) is 54.6 Å². The second kappa shape index (κ2) is 5.31. The fraction of sp³-hybridized carbons (Fsp3) is 0.118. The van der Waals surface area contributed by atoms with Crippen molar-refractivity contribution in [1.29, 1.82) is 0 Å². The molecular formula is C17H17N3. The van der Waals surface area contributed by atoms with Crippen LogP contribution in [-0.4, -0.2) is 9.78 Å². The van der Waals surface area contributed by atoms with Gasteiger partial charge in [0.15, 0.2) is 0 Å². The Labute approximate surface area is 118 Å². The molecule has 0 aliphatic rings. The molecule has 20 heavy (non-hydrogen) atoms. The number of rotatable bonds is 3. The first-order valence-electron chi connectivity index (χ1n) is 6.64. The van der Waals surface area contributed by atoms with Crippen molar-refractivity contribution in [3.05, 3.63) is 78.1 Å². The van der Waals surface area contributed by atoms with Gasteiger partial charge in [0.2, 0.25) is 0 Å². The van der Waals surface area contributed by atoms with E-state index in [0.717, 1.165) is 11.3 Å². The Kier molecular flexibility index (Phi) is 3.35. The third kappa shape index (κ3) is 2.36. The molecule has 0 radical (unpaired) electrons. The minimum atomic E-state index is -0.146. The van der Waals surface area contributed by atoms with Gasteiger partial charge in [-0.15, -0.1) is 0 Å². The summed E-state index contributed by atoms with van der Waals surface area (Å²) in [6.45, 7) is 0. The maximum absolute atomic E-state index is 6.29. The van der Waals surface area contributed by atoms with Crippen molar-refractivity contribution in [2.45, 2.75) is 6.04 Å². The normalized spacial score (nSPS) is 12.3. The van der Waals surface area contributed by atoms with Crippen molar-refractivity contribution in [3.8, 4) is 11.1 Å². The van der Waals surface area contributed by atoms with Gasteiger partial charge in [0, 0.05) is 13.2 Å². The molecule has 100 valence electrons. The van der Waals surface area contributed by atoms with Crippen LogP contribution >= 0.6 is 0 Å². The SMILES string of the molecule is Cn1nccc1C(N)c1ccc(-c2ccccc2)cc1. The summed E-state index contributed by atoms with van der Waals surface area (Å²) in [7, 11) is 1.91. The molecule has 1 atom stereocenters. The van der Waals surface area contributed by atoms with Gasteiger partial charge in [0.25, 0.3) is 0 Å². The molecule has 0 bridgehead atoms. The van der Waals surface area contributed by atoms with Crippen LogP contribution in [0.15, 0.2) is 66.9 Å². The van der Waals surface area contributed by atoms with Gasteiger partial charge in [0.05, 0.1) is 11.7 Å². The summed E-state index contributed by atoms with van der Waals surface area (Å²) in [5, 5.41) is 4.17. The van der Waals surface area contributed by atoms with Gasteiger partial charge in [-0.3, -0.25) is 4.68 Å². The van der Waals surface area contributed by atoms with E-state index in [1.54, 1.807) is 6.20 Å². The van der Waals surface area contributed by atoms with Crippen LogP contribution in [0.1, 0.15) is 17.3 Å². The van der Waals surface area contributed by atoms with Crippen LogP contribution in [0.5, 0.6) is 0 Å². The number of aromatic nitrogens is 2. The number of nitrogens with two attached hydrogens (primary N) is 1. The second-order valence-electron chi connectivity index (χ2n) is 4.85. The molecular weight excluding hydrogens is 246 g/mol. The Morgan fingerprint density at radius 3 is 2.15 bits per heavy atom. The van der Waals surface area contributed by atoms with Crippen LogP contribution in [0.3, 0.4) is 0 Å². The van der Waals surface area contributed by atoms with E-state index in [0.29, 0.717) is 0 Å². The summed E-state index contributed by atoms with van der Waals surface area (Å²) < 4.78 is 1.82. The van der Waals surface area contributed by atoms with E-state index < -0.39 is 0 Å². The molecule has 3 nitrogen and oxygen atoms in total. The van der Waals surface area contributed by atoms with Gasteiger partial charge in [-0.05, 0) is 22.8 Å². The first-order valence-corrected chi connectivity index (χ1v) is 6.64. The Morgan fingerprint density at radius 1 is 0.900 bits per heavy atom. The zero-order valence-electron chi connectivity index (χ0n) is 11.4. The van der Waals surface area contributed by atoms with E-state index in [-0.39, 0.29) is 6.04 Å². The lowest BCUT2D eigenvalue weighted by Gasteiger charge is -2.13. The number of hydrogen-bond acceptors (Lipinski definition) is 2. The number of benzene rings is 2. The molecule has 3 rings (SSSR count). The number of aryl methyl sites for hydroxylation is 1. The van der Waals surface area contributed by atoms with E-state index in [1.807, 2.05) is 36.0 Å². The van der Waals surface area contributed by atoms with Crippen LogP contribution in [-0.2, 0) is 7.05 Å². The molecule has 1 unspecified atom stereocenters. The predicted octanol–water partition coefficient (Wildman–Crippen LogP) is 3.14. The lowest BCUT2D eigenvalue weighted by molar-refractivity contribution is 0.673. The third-order valence-electron chi connectivity index (χ3n) is 3.55. The third-order valence-corrected chi connectivity index (χ3v) is 3.55. The zero-order chi connectivity index (χ0) is 13.9. The smallest absolute Gasteiger partial charge is 0.0723 e. The van der Waals surface area contributed by atoms with Crippen LogP contribution in [0, 0.1) is 0 Å². The molecule has 3 aromatic rings. The van der Waals surface area contributed by atoms with E-state index in [1.165, 1.54) is 11.1 Å². The monoisotopic (exact) mass is 263 g/mol. The molecule has 2 N–H and O–H groups in total. The molecule has 1 heterocycles. The standard InChI is InChI=1S/C17H17N3/c1-20-16(11-12-19-20)17(18)15-9-7-14(8-10-15)13-5-3-2-4-6-13/h2-12,17H,18H2,1H3. The lowest BCUT2D eigenvalue weighted by Crippen LogP contribution is -2.15. The highest BCUT2D eigenvalue weighted by Crippen LogP contribution is 2.23. The van der Waals surface area contributed by atoms with Crippen LogP contribution in [0.4, 0.5) is 0 Å².